The molecule has 1 saturated heterocycles. The van der Waals surface area contributed by atoms with E-state index in [0.29, 0.717) is 28.7 Å². The van der Waals surface area contributed by atoms with Gasteiger partial charge in [0.25, 0.3) is 0 Å². The summed E-state index contributed by atoms with van der Waals surface area (Å²) in [4.78, 5) is 49.1. The minimum absolute atomic E-state index is 0.0405. The maximum absolute atomic E-state index is 14.0. The zero-order valence-corrected chi connectivity index (χ0v) is 22.2. The van der Waals surface area contributed by atoms with Crippen molar-refractivity contribution in [1.82, 2.24) is 30.0 Å². The van der Waals surface area contributed by atoms with Gasteiger partial charge in [-0.15, -0.1) is 0 Å². The molecule has 2 aliphatic rings. The third-order valence-electron chi connectivity index (χ3n) is 7.67. The molecule has 3 aromatic rings. The first-order chi connectivity index (χ1) is 18.0. The Kier molecular flexibility index (Phi) is 6.36. The minimum atomic E-state index is -0.668. The molecule has 1 aromatic carbocycles. The molecular formula is C28H31FN6O3. The van der Waals surface area contributed by atoms with E-state index in [1.165, 1.54) is 11.6 Å². The summed E-state index contributed by atoms with van der Waals surface area (Å²) < 4.78 is 15.5. The fourth-order valence-electron chi connectivity index (χ4n) is 5.31. The number of nitrogens with one attached hydrogen (secondary N) is 1. The Morgan fingerprint density at radius 1 is 1.11 bits per heavy atom. The quantitative estimate of drug-likeness (QED) is 0.477. The van der Waals surface area contributed by atoms with Crippen LogP contribution in [0.1, 0.15) is 56.8 Å². The van der Waals surface area contributed by atoms with Gasteiger partial charge in [-0.1, -0.05) is 13.0 Å². The molecule has 10 heteroatoms. The van der Waals surface area contributed by atoms with Crippen molar-refractivity contribution in [2.24, 2.45) is 5.41 Å². The first kappa shape index (κ1) is 25.7. The number of hydrogen-bond acceptors (Lipinski definition) is 6. The number of fused-ring (bicyclic) bond motifs is 2. The van der Waals surface area contributed by atoms with Crippen LogP contribution in [0.5, 0.6) is 0 Å². The summed E-state index contributed by atoms with van der Waals surface area (Å²) in [5.74, 6) is -0.555. The summed E-state index contributed by atoms with van der Waals surface area (Å²) in [7, 11) is 0. The molecule has 198 valence electrons. The molecule has 1 unspecified atom stereocenters. The van der Waals surface area contributed by atoms with Crippen LogP contribution in [0.4, 0.5) is 4.39 Å². The monoisotopic (exact) mass is 518 g/mol. The summed E-state index contributed by atoms with van der Waals surface area (Å²) in [6.45, 7) is 8.29. The number of piperidine rings is 1. The maximum atomic E-state index is 14.0. The van der Waals surface area contributed by atoms with Crippen LogP contribution in [0.15, 0.2) is 42.0 Å². The Morgan fingerprint density at radius 2 is 1.82 bits per heavy atom. The van der Waals surface area contributed by atoms with E-state index in [2.05, 4.69) is 27.3 Å². The number of allylic oxidation sites excluding steroid dienone is 1. The van der Waals surface area contributed by atoms with E-state index < -0.39 is 6.04 Å². The Bertz CT molecular complexity index is 1490. The predicted molar refractivity (Wildman–Crippen MR) is 140 cm³/mol. The van der Waals surface area contributed by atoms with Crippen LogP contribution in [0.25, 0.3) is 22.0 Å². The minimum Gasteiger partial charge on any atom is -0.348 e. The fraction of sp³-hybridized carbons (Fsp3) is 0.429. The van der Waals surface area contributed by atoms with Crippen molar-refractivity contribution in [3.05, 3.63) is 53.5 Å². The summed E-state index contributed by atoms with van der Waals surface area (Å²) in [6, 6.07) is 4.86. The number of carbonyl (C=O) groups excluding carboxylic acids is 3. The van der Waals surface area contributed by atoms with E-state index in [1.807, 2.05) is 25.1 Å². The molecule has 2 aromatic heterocycles. The van der Waals surface area contributed by atoms with Crippen molar-refractivity contribution in [1.29, 1.82) is 0 Å². The molecule has 1 N–H and O–H groups in total. The summed E-state index contributed by atoms with van der Waals surface area (Å²) >= 11 is 0. The summed E-state index contributed by atoms with van der Waals surface area (Å²) in [5.41, 5.74) is 2.94. The van der Waals surface area contributed by atoms with E-state index in [-0.39, 0.29) is 53.7 Å². The second kappa shape index (κ2) is 9.41. The molecule has 3 atom stereocenters. The van der Waals surface area contributed by atoms with Gasteiger partial charge in [-0.05, 0) is 62.3 Å². The number of aryl methyl sites for hydroxylation is 1. The molecular weight excluding hydrogens is 487 g/mol. The van der Waals surface area contributed by atoms with Gasteiger partial charge in [0.05, 0.1) is 12.1 Å². The zero-order valence-electron chi connectivity index (χ0n) is 22.2. The number of likely N-dealkylation sites (tertiary alicyclic amines) is 1. The topological polar surface area (TPSA) is 110 Å². The van der Waals surface area contributed by atoms with Gasteiger partial charge in [0.1, 0.15) is 29.9 Å². The van der Waals surface area contributed by atoms with Crippen LogP contribution >= 0.6 is 0 Å². The highest BCUT2D eigenvalue weighted by Gasteiger charge is 2.64. The first-order valence-electron chi connectivity index (χ1n) is 12.7. The van der Waals surface area contributed by atoms with Crippen LogP contribution in [-0.2, 0) is 16.1 Å². The number of halogens is 1. The van der Waals surface area contributed by atoms with Crippen LogP contribution in [0.3, 0.4) is 0 Å². The van der Waals surface area contributed by atoms with Gasteiger partial charge < -0.3 is 10.2 Å². The highest BCUT2D eigenvalue weighted by atomic mass is 19.1. The molecule has 2 fully saturated rings. The number of rotatable bonds is 7. The van der Waals surface area contributed by atoms with E-state index in [0.717, 1.165) is 17.5 Å². The third-order valence-corrected chi connectivity index (χ3v) is 7.67. The lowest BCUT2D eigenvalue weighted by molar-refractivity contribution is -0.140. The van der Waals surface area contributed by atoms with Gasteiger partial charge in [0.2, 0.25) is 11.8 Å². The smallest absolute Gasteiger partial charge is 0.245 e. The molecule has 0 radical (unpaired) electrons. The molecule has 0 spiro atoms. The molecule has 1 aliphatic carbocycles. The standard InChI is InChI=1S/C28H31FN6O3/c1-15(2)21(29)13-32-27(38)23-9-28(5)10-24(28)35(23)25(37)14-34-22-7-6-18(19-11-30-17(4)31-12-19)8-20(22)26(33-34)16(3)36/h6-8,11-12,23-24H,9-10,13-14H2,1-5H3,(H,32,38)/t23-,24+,28?/m0/s1. The fourth-order valence-corrected chi connectivity index (χ4v) is 5.31. The Hall–Kier alpha value is -3.95. The molecule has 5 rings (SSSR count). The molecule has 3 heterocycles. The van der Waals surface area contributed by atoms with Crippen molar-refractivity contribution in [3.8, 4) is 11.1 Å². The second-order valence-corrected chi connectivity index (χ2v) is 10.8. The van der Waals surface area contributed by atoms with E-state index in [9.17, 15) is 18.8 Å². The van der Waals surface area contributed by atoms with E-state index in [1.54, 1.807) is 31.1 Å². The number of carbonyl (C=O) groups is 3. The van der Waals surface area contributed by atoms with Crippen LogP contribution in [0.2, 0.25) is 0 Å². The Balaban J connectivity index is 1.42. The third kappa shape index (κ3) is 4.59. The largest absolute Gasteiger partial charge is 0.348 e. The molecule has 9 nitrogen and oxygen atoms in total. The number of aromatic nitrogens is 4. The first-order valence-corrected chi connectivity index (χ1v) is 12.7. The SMILES string of the molecule is CC(=O)c1nn(CC(=O)N2[C@H](C(=O)NCC(F)=C(C)C)CC3(C)C[C@@H]23)c2ccc(-c3cnc(C)nc3)cc12. The predicted octanol–water partition coefficient (Wildman–Crippen LogP) is 3.76. The molecule has 0 bridgehead atoms. The number of amides is 2. The van der Waals surface area contributed by atoms with Crippen molar-refractivity contribution in [2.45, 2.75) is 66.1 Å². The molecule has 2 amide bonds. The van der Waals surface area contributed by atoms with Gasteiger partial charge in [-0.2, -0.15) is 5.10 Å². The molecule has 1 aliphatic heterocycles. The Labute approximate surface area is 220 Å². The lowest BCUT2D eigenvalue weighted by atomic mass is 10.0. The molecule has 38 heavy (non-hydrogen) atoms. The highest BCUT2D eigenvalue weighted by Crippen LogP contribution is 2.59. The van der Waals surface area contributed by atoms with Gasteiger partial charge in [-0.25, -0.2) is 14.4 Å². The van der Waals surface area contributed by atoms with E-state index in [4.69, 9.17) is 0 Å². The van der Waals surface area contributed by atoms with Gasteiger partial charge in [-0.3, -0.25) is 19.1 Å². The number of benzene rings is 1. The van der Waals surface area contributed by atoms with Gasteiger partial charge in [0, 0.05) is 36.3 Å². The lowest BCUT2D eigenvalue weighted by Gasteiger charge is -2.27. The maximum Gasteiger partial charge on any atom is 0.245 e. The van der Waals surface area contributed by atoms with Gasteiger partial charge in [0.15, 0.2) is 5.78 Å². The average Bonchev–Trinajstić information content (AvgIpc) is 3.24. The number of Topliss-reactive ketones (excluding diaryl/α,β-unsaturated/α-hetero) is 1. The Morgan fingerprint density at radius 3 is 2.47 bits per heavy atom. The average molecular weight is 519 g/mol. The number of hydrogen-bond donors (Lipinski definition) is 1. The number of nitrogens with zero attached hydrogens (tertiary/aromatic N) is 5. The van der Waals surface area contributed by atoms with Crippen molar-refractivity contribution >= 4 is 28.5 Å². The van der Waals surface area contributed by atoms with Crippen LogP contribution < -0.4 is 5.32 Å². The number of ketones is 1. The lowest BCUT2D eigenvalue weighted by Crippen LogP contribution is -2.49. The van der Waals surface area contributed by atoms with E-state index >= 15 is 0 Å². The van der Waals surface area contributed by atoms with Crippen molar-refractivity contribution in [2.75, 3.05) is 6.54 Å². The normalized spacial score (nSPS) is 21.8. The highest BCUT2D eigenvalue weighted by molar-refractivity contribution is 6.06. The molecule has 1 saturated carbocycles. The van der Waals surface area contributed by atoms with Gasteiger partial charge >= 0.3 is 0 Å². The van der Waals surface area contributed by atoms with Crippen LogP contribution in [-0.4, -0.2) is 60.9 Å². The summed E-state index contributed by atoms with van der Waals surface area (Å²) in [5, 5.41) is 7.76. The van der Waals surface area contributed by atoms with Crippen molar-refractivity contribution in [3.63, 3.8) is 0 Å². The second-order valence-electron chi connectivity index (χ2n) is 10.8. The van der Waals surface area contributed by atoms with Crippen molar-refractivity contribution < 1.29 is 18.8 Å². The zero-order chi connectivity index (χ0) is 27.4. The summed E-state index contributed by atoms with van der Waals surface area (Å²) in [6.07, 6.45) is 4.80. The van der Waals surface area contributed by atoms with Crippen LogP contribution in [0, 0.1) is 12.3 Å².